The summed E-state index contributed by atoms with van der Waals surface area (Å²) in [6.45, 7) is 1.64. The normalized spacial score (nSPS) is 18.5. The van der Waals surface area contributed by atoms with Gasteiger partial charge in [0.1, 0.15) is 6.04 Å². The van der Waals surface area contributed by atoms with Crippen LogP contribution in [0.2, 0.25) is 0 Å². The Bertz CT molecular complexity index is 234. The average Bonchev–Trinajstić information content (AvgIpc) is 2.68. The fourth-order valence-electron chi connectivity index (χ4n) is 2.01. The van der Waals surface area contributed by atoms with Gasteiger partial charge in [-0.25, -0.2) is 4.79 Å². The molecule has 4 nitrogen and oxygen atoms in total. The molecule has 1 aliphatic carbocycles. The van der Waals surface area contributed by atoms with Gasteiger partial charge in [-0.2, -0.15) is 0 Å². The van der Waals surface area contributed by atoms with E-state index in [2.05, 4.69) is 10.1 Å². The van der Waals surface area contributed by atoms with Crippen LogP contribution >= 0.6 is 0 Å². The molecule has 0 radical (unpaired) electrons. The summed E-state index contributed by atoms with van der Waals surface area (Å²) in [5.74, 6) is 0.0735. The molecule has 0 bridgehead atoms. The molecule has 0 saturated heterocycles. The minimum atomic E-state index is -0.538. The van der Waals surface area contributed by atoms with Crippen LogP contribution in [0.15, 0.2) is 0 Å². The first-order chi connectivity index (χ1) is 7.13. The number of esters is 1. The molecule has 0 unspecified atom stereocenters. The largest absolute Gasteiger partial charge is 0.467 e. The number of carbonyl (C=O) groups excluding carboxylic acids is 2. The smallest absolute Gasteiger partial charge is 0.328 e. The van der Waals surface area contributed by atoms with Crippen LogP contribution in [0, 0.1) is 5.92 Å². The Morgan fingerprint density at radius 2 is 2.00 bits per heavy atom. The highest BCUT2D eigenvalue weighted by atomic mass is 16.5. The molecule has 15 heavy (non-hydrogen) atoms. The highest BCUT2D eigenvalue weighted by Crippen LogP contribution is 2.27. The zero-order chi connectivity index (χ0) is 11.3. The quantitative estimate of drug-likeness (QED) is 0.715. The van der Waals surface area contributed by atoms with E-state index in [1.54, 1.807) is 6.92 Å². The molecule has 0 spiro atoms. The lowest BCUT2D eigenvalue weighted by atomic mass is 10.0. The summed E-state index contributed by atoms with van der Waals surface area (Å²) in [6.07, 6.45) is 5.27. The van der Waals surface area contributed by atoms with E-state index < -0.39 is 12.0 Å². The Kier molecular flexibility index (Phi) is 4.59. The topological polar surface area (TPSA) is 55.4 Å². The zero-order valence-corrected chi connectivity index (χ0v) is 9.41. The molecule has 0 aromatic rings. The summed E-state index contributed by atoms with van der Waals surface area (Å²) >= 11 is 0. The van der Waals surface area contributed by atoms with Crippen LogP contribution in [0.1, 0.15) is 39.0 Å². The molecule has 1 aliphatic rings. The van der Waals surface area contributed by atoms with Crippen LogP contribution in [0.3, 0.4) is 0 Å². The molecular weight excluding hydrogens is 194 g/mol. The van der Waals surface area contributed by atoms with Gasteiger partial charge >= 0.3 is 5.97 Å². The molecule has 0 aromatic carbocycles. The molecule has 0 aromatic heterocycles. The van der Waals surface area contributed by atoms with Crippen LogP contribution in [0.4, 0.5) is 0 Å². The van der Waals surface area contributed by atoms with E-state index in [1.807, 2.05) is 0 Å². The third-order valence-corrected chi connectivity index (χ3v) is 2.88. The molecule has 1 fully saturated rings. The number of hydrogen-bond donors (Lipinski definition) is 1. The zero-order valence-electron chi connectivity index (χ0n) is 9.41. The highest BCUT2D eigenvalue weighted by Gasteiger charge is 2.21. The summed E-state index contributed by atoms with van der Waals surface area (Å²) in [5, 5.41) is 2.64. The summed E-state index contributed by atoms with van der Waals surface area (Å²) in [5.41, 5.74) is 0. The van der Waals surface area contributed by atoms with Crippen LogP contribution in [-0.4, -0.2) is 25.0 Å². The minimum Gasteiger partial charge on any atom is -0.467 e. The van der Waals surface area contributed by atoms with Crippen molar-refractivity contribution in [2.75, 3.05) is 7.11 Å². The van der Waals surface area contributed by atoms with Gasteiger partial charge < -0.3 is 10.1 Å². The highest BCUT2D eigenvalue weighted by molar-refractivity contribution is 5.84. The van der Waals surface area contributed by atoms with Gasteiger partial charge in [-0.1, -0.05) is 12.8 Å². The number of carbonyl (C=O) groups is 2. The second-order valence-electron chi connectivity index (χ2n) is 4.17. The molecule has 1 atom stereocenters. The van der Waals surface area contributed by atoms with E-state index >= 15 is 0 Å². The van der Waals surface area contributed by atoms with Gasteiger partial charge in [-0.15, -0.1) is 0 Å². The maximum Gasteiger partial charge on any atom is 0.328 e. The molecule has 1 N–H and O–H groups in total. The number of amides is 1. The number of ether oxygens (including phenoxy) is 1. The van der Waals surface area contributed by atoms with Crippen molar-refractivity contribution in [1.29, 1.82) is 0 Å². The van der Waals surface area contributed by atoms with Crippen LogP contribution in [0.5, 0.6) is 0 Å². The lowest BCUT2D eigenvalue weighted by Crippen LogP contribution is -2.39. The Morgan fingerprint density at radius 1 is 1.40 bits per heavy atom. The standard InChI is InChI=1S/C11H19NO3/c1-8(11(14)15-2)12-10(13)7-9-5-3-4-6-9/h8-9H,3-7H2,1-2H3,(H,12,13)/t8-/m0/s1. The van der Waals surface area contributed by atoms with E-state index in [4.69, 9.17) is 0 Å². The lowest BCUT2D eigenvalue weighted by molar-refractivity contribution is -0.144. The third-order valence-electron chi connectivity index (χ3n) is 2.88. The Morgan fingerprint density at radius 3 is 2.53 bits per heavy atom. The molecular formula is C11H19NO3. The average molecular weight is 213 g/mol. The third kappa shape index (κ3) is 3.90. The van der Waals surface area contributed by atoms with Crippen molar-refractivity contribution in [2.24, 2.45) is 5.92 Å². The second kappa shape index (κ2) is 5.73. The van der Waals surface area contributed by atoms with Crippen LogP contribution in [0.25, 0.3) is 0 Å². The molecule has 1 saturated carbocycles. The van der Waals surface area contributed by atoms with E-state index in [1.165, 1.54) is 20.0 Å². The number of hydrogen-bond acceptors (Lipinski definition) is 3. The minimum absolute atomic E-state index is 0.0419. The molecule has 86 valence electrons. The molecule has 1 amide bonds. The lowest BCUT2D eigenvalue weighted by Gasteiger charge is -2.13. The fourth-order valence-corrected chi connectivity index (χ4v) is 2.01. The van der Waals surface area contributed by atoms with Crippen molar-refractivity contribution in [1.82, 2.24) is 5.32 Å². The monoisotopic (exact) mass is 213 g/mol. The van der Waals surface area contributed by atoms with Crippen molar-refractivity contribution in [3.63, 3.8) is 0 Å². The molecule has 0 heterocycles. The van der Waals surface area contributed by atoms with Crippen molar-refractivity contribution < 1.29 is 14.3 Å². The number of rotatable bonds is 4. The van der Waals surface area contributed by atoms with Crippen LogP contribution in [-0.2, 0) is 14.3 Å². The van der Waals surface area contributed by atoms with Crippen LogP contribution < -0.4 is 5.32 Å². The molecule has 4 heteroatoms. The summed E-state index contributed by atoms with van der Waals surface area (Å²) in [7, 11) is 1.32. The predicted octanol–water partition coefficient (Wildman–Crippen LogP) is 1.24. The first-order valence-electron chi connectivity index (χ1n) is 5.50. The van der Waals surface area contributed by atoms with Gasteiger partial charge in [0.15, 0.2) is 0 Å². The maximum atomic E-state index is 11.5. The van der Waals surface area contributed by atoms with Crippen molar-refractivity contribution in [3.8, 4) is 0 Å². The molecule has 1 rings (SSSR count). The first kappa shape index (κ1) is 12.0. The molecule has 0 aliphatic heterocycles. The van der Waals surface area contributed by atoms with E-state index in [-0.39, 0.29) is 5.91 Å². The SMILES string of the molecule is COC(=O)[C@H](C)NC(=O)CC1CCCC1. The summed E-state index contributed by atoms with van der Waals surface area (Å²) < 4.78 is 4.53. The van der Waals surface area contributed by atoms with Gasteiger partial charge in [0.25, 0.3) is 0 Å². The Hall–Kier alpha value is -1.06. The van der Waals surface area contributed by atoms with Crippen molar-refractivity contribution in [3.05, 3.63) is 0 Å². The summed E-state index contributed by atoms with van der Waals surface area (Å²) in [6, 6.07) is -0.538. The maximum absolute atomic E-state index is 11.5. The number of nitrogens with one attached hydrogen (secondary N) is 1. The van der Waals surface area contributed by atoms with Gasteiger partial charge in [0.05, 0.1) is 7.11 Å². The van der Waals surface area contributed by atoms with Gasteiger partial charge in [-0.3, -0.25) is 4.79 Å². The second-order valence-corrected chi connectivity index (χ2v) is 4.17. The number of methoxy groups -OCH3 is 1. The van der Waals surface area contributed by atoms with Gasteiger partial charge in [-0.05, 0) is 25.7 Å². The summed E-state index contributed by atoms with van der Waals surface area (Å²) in [4.78, 5) is 22.6. The van der Waals surface area contributed by atoms with Gasteiger partial charge in [0, 0.05) is 6.42 Å². The predicted molar refractivity (Wildman–Crippen MR) is 56.2 cm³/mol. The van der Waals surface area contributed by atoms with Crippen molar-refractivity contribution >= 4 is 11.9 Å². The van der Waals surface area contributed by atoms with Gasteiger partial charge in [0.2, 0.25) is 5.91 Å². The Balaban J connectivity index is 2.25. The fraction of sp³-hybridized carbons (Fsp3) is 0.818. The first-order valence-corrected chi connectivity index (χ1v) is 5.50. The van der Waals surface area contributed by atoms with E-state index in [9.17, 15) is 9.59 Å². The van der Waals surface area contributed by atoms with E-state index in [0.717, 1.165) is 12.8 Å². The van der Waals surface area contributed by atoms with E-state index in [0.29, 0.717) is 12.3 Å². The Labute approximate surface area is 90.4 Å². The van der Waals surface area contributed by atoms with Crippen molar-refractivity contribution in [2.45, 2.75) is 45.1 Å².